The number of amides is 1. The molecule has 1 aliphatic rings. The topological polar surface area (TPSA) is 73.2 Å². The molecule has 1 fully saturated rings. The molecule has 6 nitrogen and oxygen atoms in total. The maximum atomic E-state index is 13.6. The first-order valence-corrected chi connectivity index (χ1v) is 12.4. The molecule has 3 heterocycles. The molecule has 1 aliphatic heterocycles. The number of benzene rings is 1. The summed E-state index contributed by atoms with van der Waals surface area (Å²) >= 11 is 2.84. The molecule has 31 heavy (non-hydrogen) atoms. The van der Waals surface area contributed by atoms with E-state index in [2.05, 4.69) is 12.2 Å². The molecule has 1 aromatic carbocycles. The van der Waals surface area contributed by atoms with E-state index in [1.165, 1.54) is 11.8 Å². The molecule has 0 radical (unpaired) electrons. The third kappa shape index (κ3) is 4.71. The molecule has 0 saturated carbocycles. The van der Waals surface area contributed by atoms with Gasteiger partial charge >= 0.3 is 0 Å². The Bertz CT molecular complexity index is 1160. The number of aromatic nitrogens is 2. The van der Waals surface area contributed by atoms with Gasteiger partial charge in [-0.2, -0.15) is 0 Å². The maximum Gasteiger partial charge on any atom is 0.267 e. The van der Waals surface area contributed by atoms with Crippen LogP contribution in [0, 0.1) is 13.8 Å². The normalized spacial score (nSPS) is 16.2. The molecule has 164 valence electrons. The predicted octanol–water partition coefficient (Wildman–Crippen LogP) is 4.01. The molecule has 0 aliphatic carbocycles. The highest BCUT2D eigenvalue weighted by atomic mass is 32.2. The lowest BCUT2D eigenvalue weighted by Gasteiger charge is -2.14. The predicted molar refractivity (Wildman–Crippen MR) is 127 cm³/mol. The van der Waals surface area contributed by atoms with Crippen molar-refractivity contribution in [2.75, 3.05) is 18.9 Å². The van der Waals surface area contributed by atoms with E-state index in [1.807, 2.05) is 38.1 Å². The van der Waals surface area contributed by atoms with E-state index >= 15 is 0 Å². The molecular weight excluding hydrogens is 430 g/mol. The summed E-state index contributed by atoms with van der Waals surface area (Å²) in [7, 11) is 0. The molecule has 8 heteroatoms. The summed E-state index contributed by atoms with van der Waals surface area (Å²) < 4.78 is 7.22. The molecule has 1 amide bonds. The van der Waals surface area contributed by atoms with Crippen LogP contribution in [-0.4, -0.2) is 40.5 Å². The molecule has 4 rings (SSSR count). The Balaban J connectivity index is 1.67. The lowest BCUT2D eigenvalue weighted by molar-refractivity contribution is -0.119. The fourth-order valence-electron chi connectivity index (χ4n) is 3.93. The summed E-state index contributed by atoms with van der Waals surface area (Å²) in [5.74, 6) is 0.115. The van der Waals surface area contributed by atoms with E-state index in [4.69, 9.17) is 9.72 Å². The number of nitrogens with zero attached hydrogens (tertiary/aromatic N) is 2. The number of hydrogen-bond acceptors (Lipinski definition) is 6. The smallest absolute Gasteiger partial charge is 0.267 e. The number of aryl methyl sites for hydroxylation is 3. The summed E-state index contributed by atoms with van der Waals surface area (Å²) in [6, 6.07) is 7.82. The number of rotatable bonds is 7. The van der Waals surface area contributed by atoms with E-state index in [-0.39, 0.29) is 23.3 Å². The second-order valence-corrected chi connectivity index (χ2v) is 9.92. The van der Waals surface area contributed by atoms with Crippen molar-refractivity contribution in [3.05, 3.63) is 50.6 Å². The van der Waals surface area contributed by atoms with Crippen molar-refractivity contribution in [2.24, 2.45) is 0 Å². The van der Waals surface area contributed by atoms with E-state index < -0.39 is 0 Å². The lowest BCUT2D eigenvalue weighted by atomic mass is 10.1. The number of hydrogen-bond donors (Lipinski definition) is 1. The van der Waals surface area contributed by atoms with Gasteiger partial charge in [-0.05, 0) is 56.4 Å². The Morgan fingerprint density at radius 3 is 2.94 bits per heavy atom. The first-order valence-electron chi connectivity index (χ1n) is 10.6. The second kappa shape index (κ2) is 9.54. The average molecular weight is 458 g/mol. The van der Waals surface area contributed by atoms with Crippen molar-refractivity contribution in [1.29, 1.82) is 0 Å². The molecule has 0 unspecified atom stereocenters. The zero-order valence-corrected chi connectivity index (χ0v) is 19.7. The molecular formula is C23H27N3O3S2. The molecule has 1 N–H and O–H groups in total. The van der Waals surface area contributed by atoms with Crippen LogP contribution in [-0.2, 0) is 16.0 Å². The van der Waals surface area contributed by atoms with E-state index in [9.17, 15) is 9.59 Å². The first kappa shape index (κ1) is 22.0. The third-order valence-corrected chi connectivity index (χ3v) is 7.47. The van der Waals surface area contributed by atoms with Gasteiger partial charge in [0, 0.05) is 18.0 Å². The van der Waals surface area contributed by atoms with Crippen LogP contribution < -0.4 is 10.9 Å². The fraction of sp³-hybridized carbons (Fsp3) is 0.435. The van der Waals surface area contributed by atoms with Crippen molar-refractivity contribution in [1.82, 2.24) is 14.9 Å². The first-order chi connectivity index (χ1) is 15.0. The average Bonchev–Trinajstić information content (AvgIpc) is 3.37. The van der Waals surface area contributed by atoms with Crippen LogP contribution in [0.2, 0.25) is 0 Å². The van der Waals surface area contributed by atoms with Crippen LogP contribution in [0.5, 0.6) is 0 Å². The van der Waals surface area contributed by atoms with Crippen molar-refractivity contribution < 1.29 is 9.53 Å². The maximum absolute atomic E-state index is 13.6. The summed E-state index contributed by atoms with van der Waals surface area (Å²) in [5.41, 5.74) is 2.82. The van der Waals surface area contributed by atoms with Gasteiger partial charge in [-0.1, -0.05) is 30.8 Å². The van der Waals surface area contributed by atoms with E-state index in [0.29, 0.717) is 17.1 Å². The monoisotopic (exact) mass is 457 g/mol. The van der Waals surface area contributed by atoms with Gasteiger partial charge in [0.25, 0.3) is 5.56 Å². The summed E-state index contributed by atoms with van der Waals surface area (Å²) in [6.07, 6.45) is 2.92. The van der Waals surface area contributed by atoms with Gasteiger partial charge in [-0.25, -0.2) is 4.98 Å². The number of nitrogens with one attached hydrogen (secondary N) is 1. The number of thiophene rings is 1. The van der Waals surface area contributed by atoms with E-state index in [1.54, 1.807) is 15.9 Å². The molecule has 1 atom stereocenters. The zero-order valence-electron chi connectivity index (χ0n) is 18.1. The third-order valence-electron chi connectivity index (χ3n) is 5.49. The van der Waals surface area contributed by atoms with Crippen molar-refractivity contribution in [2.45, 2.75) is 51.3 Å². The van der Waals surface area contributed by atoms with Gasteiger partial charge < -0.3 is 10.1 Å². The van der Waals surface area contributed by atoms with E-state index in [0.717, 1.165) is 52.4 Å². The quantitative estimate of drug-likeness (QED) is 0.429. The lowest BCUT2D eigenvalue weighted by Crippen LogP contribution is -2.33. The van der Waals surface area contributed by atoms with Crippen LogP contribution in [0.4, 0.5) is 0 Å². The van der Waals surface area contributed by atoms with Crippen LogP contribution in [0.25, 0.3) is 15.9 Å². The summed E-state index contributed by atoms with van der Waals surface area (Å²) in [5, 5.41) is 4.17. The van der Waals surface area contributed by atoms with Gasteiger partial charge in [-0.3, -0.25) is 14.2 Å². The largest absolute Gasteiger partial charge is 0.376 e. The molecule has 3 aromatic rings. The van der Waals surface area contributed by atoms with Crippen molar-refractivity contribution in [3.8, 4) is 5.69 Å². The minimum Gasteiger partial charge on any atom is -0.376 e. The summed E-state index contributed by atoms with van der Waals surface area (Å²) in [6.45, 7) is 7.39. The van der Waals surface area contributed by atoms with Crippen LogP contribution in [0.1, 0.15) is 35.8 Å². The molecule has 1 saturated heterocycles. The molecule has 0 bridgehead atoms. The molecule has 0 spiro atoms. The van der Waals surface area contributed by atoms with Gasteiger partial charge in [0.2, 0.25) is 5.91 Å². The Kier molecular flexibility index (Phi) is 6.79. The molecule has 2 aromatic heterocycles. The Labute approximate surface area is 190 Å². The highest BCUT2D eigenvalue weighted by Gasteiger charge is 2.20. The number of thioether (sulfide) groups is 1. The van der Waals surface area contributed by atoms with Crippen LogP contribution in [0.15, 0.2) is 34.2 Å². The van der Waals surface area contributed by atoms with Crippen LogP contribution in [0.3, 0.4) is 0 Å². The minimum absolute atomic E-state index is 0.0703. The summed E-state index contributed by atoms with van der Waals surface area (Å²) in [4.78, 5) is 32.7. The van der Waals surface area contributed by atoms with Gasteiger partial charge in [0.05, 0.1) is 22.9 Å². The second-order valence-electron chi connectivity index (χ2n) is 7.77. The number of carbonyl (C=O) groups excluding carboxylic acids is 1. The number of fused-ring (bicyclic) bond motifs is 1. The fourth-order valence-corrected chi connectivity index (χ4v) is 5.93. The highest BCUT2D eigenvalue weighted by molar-refractivity contribution is 7.99. The van der Waals surface area contributed by atoms with Crippen molar-refractivity contribution >= 4 is 39.2 Å². The Morgan fingerprint density at radius 1 is 1.39 bits per heavy atom. The number of carbonyl (C=O) groups is 1. The SMILES string of the molecule is CCc1c(C)sc2nc(SCC(=O)NC[C@H]3CCCO3)n(-c3cccc(C)c3)c(=O)c12. The van der Waals surface area contributed by atoms with Gasteiger partial charge in [0.1, 0.15) is 4.83 Å². The van der Waals surface area contributed by atoms with Gasteiger partial charge in [-0.15, -0.1) is 11.3 Å². The minimum atomic E-state index is -0.0813. The number of ether oxygens (including phenoxy) is 1. The van der Waals surface area contributed by atoms with Crippen molar-refractivity contribution in [3.63, 3.8) is 0 Å². The Hall–Kier alpha value is -2.16. The van der Waals surface area contributed by atoms with Gasteiger partial charge in [0.15, 0.2) is 5.16 Å². The van der Waals surface area contributed by atoms with Crippen LogP contribution >= 0.6 is 23.1 Å². The standard InChI is InChI=1S/C23H27N3O3S2/c1-4-18-15(3)31-21-20(18)22(28)26(16-8-5-7-14(2)11-16)23(25-21)30-13-19(27)24-12-17-9-6-10-29-17/h5,7-8,11,17H,4,6,9-10,12-13H2,1-3H3,(H,24,27)/t17-/m1/s1. The highest BCUT2D eigenvalue weighted by Crippen LogP contribution is 2.30. The Morgan fingerprint density at radius 2 is 2.23 bits per heavy atom. The zero-order chi connectivity index (χ0) is 22.0.